The van der Waals surface area contributed by atoms with Gasteiger partial charge in [-0.1, -0.05) is 6.07 Å². The monoisotopic (exact) mass is 351 g/mol. The molecule has 0 aliphatic carbocycles. The molecule has 2 rings (SSSR count). The summed E-state index contributed by atoms with van der Waals surface area (Å²) in [5.41, 5.74) is 0.806. The molecular weight excluding hydrogens is 329 g/mol. The number of benzene rings is 1. The lowest BCUT2D eigenvalue weighted by Crippen LogP contribution is -2.36. The highest BCUT2D eigenvalue weighted by Gasteiger charge is 2.11. The molecule has 0 radical (unpaired) electrons. The van der Waals surface area contributed by atoms with Gasteiger partial charge in [0.25, 0.3) is 0 Å². The van der Waals surface area contributed by atoms with Crippen molar-refractivity contribution in [2.24, 2.45) is 0 Å². The molecule has 0 unspecified atom stereocenters. The predicted molar refractivity (Wildman–Crippen MR) is 101 cm³/mol. The molecule has 1 heterocycles. The number of rotatable bonds is 7. The van der Waals surface area contributed by atoms with Crippen molar-refractivity contribution in [3.05, 3.63) is 52.5 Å². The standard InChI is InChI=1S/C17H22FN3S2/c1-20(2)10-4-11-21(13-16-5-3-12-23-16)17(22)19-15-8-6-14(18)7-9-15/h3,5-9,12H,4,10-11,13H2,1-2H3,(H,19,22). The van der Waals surface area contributed by atoms with Crippen LogP contribution in [0.4, 0.5) is 10.1 Å². The Morgan fingerprint density at radius 1 is 1.17 bits per heavy atom. The van der Waals surface area contributed by atoms with Crippen molar-refractivity contribution < 1.29 is 4.39 Å². The quantitative estimate of drug-likeness (QED) is 0.759. The summed E-state index contributed by atoms with van der Waals surface area (Å²) in [5, 5.41) is 5.94. The average Bonchev–Trinajstić information content (AvgIpc) is 3.01. The van der Waals surface area contributed by atoms with Crippen LogP contribution in [0, 0.1) is 5.82 Å². The lowest BCUT2D eigenvalue weighted by atomic mass is 10.3. The van der Waals surface area contributed by atoms with E-state index in [-0.39, 0.29) is 5.82 Å². The molecule has 0 fully saturated rings. The SMILES string of the molecule is CN(C)CCCN(Cc1cccs1)C(=S)Nc1ccc(F)cc1. The molecule has 0 saturated heterocycles. The molecule has 23 heavy (non-hydrogen) atoms. The number of nitrogens with zero attached hydrogens (tertiary/aromatic N) is 2. The van der Waals surface area contributed by atoms with Gasteiger partial charge in [-0.25, -0.2) is 4.39 Å². The van der Waals surface area contributed by atoms with Gasteiger partial charge in [0.2, 0.25) is 0 Å². The van der Waals surface area contributed by atoms with Crippen LogP contribution >= 0.6 is 23.6 Å². The zero-order chi connectivity index (χ0) is 16.7. The number of nitrogens with one attached hydrogen (secondary N) is 1. The highest BCUT2D eigenvalue weighted by atomic mass is 32.1. The summed E-state index contributed by atoms with van der Waals surface area (Å²) in [4.78, 5) is 5.60. The number of anilines is 1. The fourth-order valence-electron chi connectivity index (χ4n) is 2.16. The van der Waals surface area contributed by atoms with E-state index in [1.165, 1.54) is 17.0 Å². The van der Waals surface area contributed by atoms with E-state index in [2.05, 4.69) is 46.7 Å². The molecule has 0 amide bonds. The van der Waals surface area contributed by atoms with E-state index >= 15 is 0 Å². The van der Waals surface area contributed by atoms with Crippen molar-refractivity contribution >= 4 is 34.4 Å². The van der Waals surface area contributed by atoms with Crippen molar-refractivity contribution in [2.45, 2.75) is 13.0 Å². The molecule has 0 atom stereocenters. The van der Waals surface area contributed by atoms with E-state index < -0.39 is 0 Å². The second kappa shape index (κ2) is 8.96. The lowest BCUT2D eigenvalue weighted by Gasteiger charge is -2.26. The van der Waals surface area contributed by atoms with Crippen LogP contribution in [0.25, 0.3) is 0 Å². The first kappa shape index (κ1) is 17.8. The molecule has 1 aromatic heterocycles. The lowest BCUT2D eigenvalue weighted by molar-refractivity contribution is 0.347. The summed E-state index contributed by atoms with van der Waals surface area (Å²) in [6, 6.07) is 10.4. The molecule has 1 N–H and O–H groups in total. The van der Waals surface area contributed by atoms with Gasteiger partial charge in [-0.15, -0.1) is 11.3 Å². The maximum absolute atomic E-state index is 13.0. The third-order valence-corrected chi connectivity index (χ3v) is 4.56. The van der Waals surface area contributed by atoms with Crippen LogP contribution in [-0.2, 0) is 6.54 Å². The third-order valence-electron chi connectivity index (χ3n) is 3.34. The predicted octanol–water partition coefficient (Wildman–Crippen LogP) is 4.04. The zero-order valence-electron chi connectivity index (χ0n) is 13.5. The van der Waals surface area contributed by atoms with Crippen LogP contribution in [0.15, 0.2) is 41.8 Å². The zero-order valence-corrected chi connectivity index (χ0v) is 15.1. The maximum atomic E-state index is 13.0. The highest BCUT2D eigenvalue weighted by molar-refractivity contribution is 7.80. The Balaban J connectivity index is 1.98. The van der Waals surface area contributed by atoms with E-state index in [9.17, 15) is 4.39 Å². The smallest absolute Gasteiger partial charge is 0.173 e. The van der Waals surface area contributed by atoms with Gasteiger partial charge in [-0.3, -0.25) is 0 Å². The first-order valence-electron chi connectivity index (χ1n) is 7.53. The Hall–Kier alpha value is -1.50. The fraction of sp³-hybridized carbons (Fsp3) is 0.353. The molecule has 0 aliphatic heterocycles. The Morgan fingerprint density at radius 3 is 2.52 bits per heavy atom. The highest BCUT2D eigenvalue weighted by Crippen LogP contribution is 2.15. The van der Waals surface area contributed by atoms with Crippen LogP contribution in [0.5, 0.6) is 0 Å². The van der Waals surface area contributed by atoms with Crippen molar-refractivity contribution in [1.29, 1.82) is 0 Å². The van der Waals surface area contributed by atoms with Gasteiger partial charge < -0.3 is 15.1 Å². The summed E-state index contributed by atoms with van der Waals surface area (Å²) in [6.45, 7) is 2.68. The second-order valence-corrected chi connectivity index (χ2v) is 7.01. The molecule has 0 bridgehead atoms. The first-order chi connectivity index (χ1) is 11.0. The Morgan fingerprint density at radius 2 is 1.91 bits per heavy atom. The minimum absolute atomic E-state index is 0.247. The van der Waals surface area contributed by atoms with Gasteiger partial charge in [0.15, 0.2) is 5.11 Å². The molecule has 2 aromatic rings. The molecular formula is C17H22FN3S2. The van der Waals surface area contributed by atoms with Gasteiger partial charge in [0, 0.05) is 17.1 Å². The molecule has 3 nitrogen and oxygen atoms in total. The summed E-state index contributed by atoms with van der Waals surface area (Å²) < 4.78 is 13.0. The third kappa shape index (κ3) is 6.25. The molecule has 1 aromatic carbocycles. The number of hydrogen-bond acceptors (Lipinski definition) is 3. The van der Waals surface area contributed by atoms with Crippen LogP contribution in [0.1, 0.15) is 11.3 Å². The number of thiocarbonyl (C=S) groups is 1. The van der Waals surface area contributed by atoms with Crippen LogP contribution in [-0.4, -0.2) is 42.1 Å². The van der Waals surface area contributed by atoms with Gasteiger partial charge in [-0.05, 0) is 75.0 Å². The number of thiophene rings is 1. The van der Waals surface area contributed by atoms with E-state index in [0.717, 1.165) is 31.7 Å². The van der Waals surface area contributed by atoms with Crippen LogP contribution < -0.4 is 5.32 Å². The second-order valence-electron chi connectivity index (χ2n) is 5.59. The van der Waals surface area contributed by atoms with Gasteiger partial charge in [0.1, 0.15) is 5.82 Å². The van der Waals surface area contributed by atoms with Crippen molar-refractivity contribution in [3.8, 4) is 0 Å². The maximum Gasteiger partial charge on any atom is 0.173 e. The first-order valence-corrected chi connectivity index (χ1v) is 8.82. The van der Waals surface area contributed by atoms with E-state index in [1.807, 2.05) is 0 Å². The normalized spacial score (nSPS) is 10.8. The van der Waals surface area contributed by atoms with Gasteiger partial charge in [0.05, 0.1) is 6.54 Å². The van der Waals surface area contributed by atoms with Crippen LogP contribution in [0.3, 0.4) is 0 Å². The summed E-state index contributed by atoms with van der Waals surface area (Å²) >= 11 is 7.28. The molecule has 0 saturated carbocycles. The fourth-order valence-corrected chi connectivity index (χ4v) is 3.15. The molecule has 0 aliphatic rings. The van der Waals surface area contributed by atoms with Crippen molar-refractivity contribution in [1.82, 2.24) is 9.80 Å². The molecule has 0 spiro atoms. The van der Waals surface area contributed by atoms with E-state index in [1.54, 1.807) is 23.5 Å². The number of halogens is 1. The Bertz CT molecular complexity index is 597. The molecule has 124 valence electrons. The van der Waals surface area contributed by atoms with Crippen LogP contribution in [0.2, 0.25) is 0 Å². The topological polar surface area (TPSA) is 18.5 Å². The minimum atomic E-state index is -0.247. The van der Waals surface area contributed by atoms with Gasteiger partial charge in [-0.2, -0.15) is 0 Å². The van der Waals surface area contributed by atoms with Crippen molar-refractivity contribution in [3.63, 3.8) is 0 Å². The number of hydrogen-bond donors (Lipinski definition) is 1. The summed E-state index contributed by atoms with van der Waals surface area (Å²) in [5.74, 6) is -0.247. The van der Waals surface area contributed by atoms with Gasteiger partial charge >= 0.3 is 0 Å². The Kier molecular flexibility index (Phi) is 6.95. The summed E-state index contributed by atoms with van der Waals surface area (Å²) in [7, 11) is 4.14. The van der Waals surface area contributed by atoms with E-state index in [4.69, 9.17) is 12.2 Å². The summed E-state index contributed by atoms with van der Waals surface area (Å²) in [6.07, 6.45) is 1.03. The largest absolute Gasteiger partial charge is 0.344 e. The minimum Gasteiger partial charge on any atom is -0.344 e. The van der Waals surface area contributed by atoms with E-state index in [0.29, 0.717) is 5.11 Å². The molecule has 6 heteroatoms. The van der Waals surface area contributed by atoms with Crippen molar-refractivity contribution in [2.75, 3.05) is 32.5 Å². The average molecular weight is 352 g/mol. The Labute approximate surface area is 146 Å².